The van der Waals surface area contributed by atoms with Crippen molar-refractivity contribution in [1.82, 2.24) is 5.32 Å². The Hall–Kier alpha value is -0.900. The van der Waals surface area contributed by atoms with Crippen LogP contribution in [-0.2, 0) is 10.2 Å². The van der Waals surface area contributed by atoms with Crippen LogP contribution in [-0.4, -0.2) is 26.3 Å². The van der Waals surface area contributed by atoms with Crippen LogP contribution in [0.1, 0.15) is 12.5 Å². The van der Waals surface area contributed by atoms with E-state index in [9.17, 15) is 0 Å². The van der Waals surface area contributed by atoms with E-state index in [1.165, 1.54) is 15.6 Å². The Kier molecular flexibility index (Phi) is 2.90. The van der Waals surface area contributed by atoms with Gasteiger partial charge >= 0.3 is 0 Å². The van der Waals surface area contributed by atoms with E-state index in [-0.39, 0.29) is 5.41 Å². The van der Waals surface area contributed by atoms with E-state index in [1.54, 1.807) is 0 Å². The van der Waals surface area contributed by atoms with Crippen molar-refractivity contribution in [2.24, 2.45) is 0 Å². The second-order valence-electron chi connectivity index (χ2n) is 4.70. The molecule has 0 radical (unpaired) electrons. The summed E-state index contributed by atoms with van der Waals surface area (Å²) in [4.78, 5) is 0. The Morgan fingerprint density at radius 1 is 1.35 bits per heavy atom. The third-order valence-corrected chi connectivity index (χ3v) is 4.49. The van der Waals surface area contributed by atoms with Gasteiger partial charge in [-0.15, -0.1) is 11.3 Å². The van der Waals surface area contributed by atoms with Gasteiger partial charge < -0.3 is 10.1 Å². The highest BCUT2D eigenvalue weighted by atomic mass is 32.1. The van der Waals surface area contributed by atoms with Crippen molar-refractivity contribution in [3.8, 4) is 0 Å². The Balaban J connectivity index is 2.01. The predicted octanol–water partition coefficient (Wildman–Crippen LogP) is 2.78. The minimum absolute atomic E-state index is 0.204. The Labute approximate surface area is 106 Å². The molecule has 0 amide bonds. The van der Waals surface area contributed by atoms with Crippen LogP contribution >= 0.6 is 11.3 Å². The zero-order valence-electron chi connectivity index (χ0n) is 10.0. The summed E-state index contributed by atoms with van der Waals surface area (Å²) in [5.41, 5.74) is 1.67. The monoisotopic (exact) mass is 247 g/mol. The molecule has 0 bridgehead atoms. The van der Waals surface area contributed by atoms with Crippen molar-refractivity contribution in [1.29, 1.82) is 0 Å². The highest BCUT2D eigenvalue weighted by Crippen LogP contribution is 2.39. The van der Waals surface area contributed by atoms with Crippen LogP contribution in [0.2, 0.25) is 0 Å². The van der Waals surface area contributed by atoms with Crippen LogP contribution in [0.3, 0.4) is 0 Å². The van der Waals surface area contributed by atoms with Crippen molar-refractivity contribution in [2.45, 2.75) is 12.3 Å². The smallest absolute Gasteiger partial charge is 0.0598 e. The summed E-state index contributed by atoms with van der Waals surface area (Å²) in [5.74, 6) is 0. The first-order valence-electron chi connectivity index (χ1n) is 6.11. The minimum atomic E-state index is 0.204. The van der Waals surface area contributed by atoms with E-state index in [0.717, 1.165) is 26.3 Å². The fourth-order valence-electron chi connectivity index (χ4n) is 2.45. The summed E-state index contributed by atoms with van der Waals surface area (Å²) in [7, 11) is 0. The normalized spacial score (nSPS) is 18.2. The van der Waals surface area contributed by atoms with Gasteiger partial charge in [-0.2, -0.15) is 0 Å². The fraction of sp³-hybridized carbons (Fsp3) is 0.429. The molecule has 1 N–H and O–H groups in total. The second kappa shape index (κ2) is 4.41. The van der Waals surface area contributed by atoms with E-state index in [1.807, 2.05) is 11.3 Å². The molecule has 0 spiro atoms. The van der Waals surface area contributed by atoms with Gasteiger partial charge in [0, 0.05) is 11.2 Å². The number of hydrogen-bond donors (Lipinski definition) is 1. The van der Waals surface area contributed by atoms with E-state index in [0.29, 0.717) is 0 Å². The summed E-state index contributed by atoms with van der Waals surface area (Å²) in [6.07, 6.45) is 0. The molecule has 0 saturated carbocycles. The number of thiophene rings is 1. The Morgan fingerprint density at radius 3 is 2.88 bits per heavy atom. The van der Waals surface area contributed by atoms with E-state index >= 15 is 0 Å². The lowest BCUT2D eigenvalue weighted by molar-refractivity contribution is -0.0579. The molecular weight excluding hydrogens is 230 g/mol. The van der Waals surface area contributed by atoms with Crippen molar-refractivity contribution < 1.29 is 4.74 Å². The average Bonchev–Trinajstić information content (AvgIpc) is 2.73. The molecule has 1 aliphatic rings. The maximum Gasteiger partial charge on any atom is 0.0598 e. The van der Waals surface area contributed by atoms with Crippen LogP contribution in [0.15, 0.2) is 29.6 Å². The fourth-order valence-corrected chi connectivity index (χ4v) is 3.54. The number of rotatable bonds is 4. The molecule has 17 heavy (non-hydrogen) atoms. The van der Waals surface area contributed by atoms with Crippen LogP contribution < -0.4 is 5.32 Å². The number of benzene rings is 1. The summed E-state index contributed by atoms with van der Waals surface area (Å²) in [6.45, 7) is 5.88. The summed E-state index contributed by atoms with van der Waals surface area (Å²) in [6, 6.07) is 8.66. The summed E-state index contributed by atoms with van der Waals surface area (Å²) in [5, 5.41) is 7.18. The van der Waals surface area contributed by atoms with Crippen LogP contribution in [0.5, 0.6) is 0 Å². The van der Waals surface area contributed by atoms with Gasteiger partial charge in [0.2, 0.25) is 0 Å². The lowest BCUT2D eigenvalue weighted by Crippen LogP contribution is -2.53. The van der Waals surface area contributed by atoms with Gasteiger partial charge in [0.05, 0.1) is 18.6 Å². The highest BCUT2D eigenvalue weighted by molar-refractivity contribution is 7.17. The Morgan fingerprint density at radius 2 is 2.18 bits per heavy atom. The zero-order chi connectivity index (χ0) is 11.7. The number of hydrogen-bond acceptors (Lipinski definition) is 3. The molecule has 0 aliphatic carbocycles. The van der Waals surface area contributed by atoms with Gasteiger partial charge in [-0.25, -0.2) is 0 Å². The quantitative estimate of drug-likeness (QED) is 0.897. The molecule has 1 aliphatic heterocycles. The highest BCUT2D eigenvalue weighted by Gasteiger charge is 2.41. The maximum atomic E-state index is 5.47. The molecule has 2 aromatic rings. The average molecular weight is 247 g/mol. The summed E-state index contributed by atoms with van der Waals surface area (Å²) < 4.78 is 6.85. The van der Waals surface area contributed by atoms with E-state index < -0.39 is 0 Å². The molecular formula is C14H17NOS. The predicted molar refractivity (Wildman–Crippen MR) is 72.9 cm³/mol. The number of fused-ring (bicyclic) bond motifs is 1. The molecule has 2 nitrogen and oxygen atoms in total. The van der Waals surface area contributed by atoms with Gasteiger partial charge in [0.1, 0.15) is 0 Å². The van der Waals surface area contributed by atoms with Crippen molar-refractivity contribution in [2.75, 3.05) is 26.3 Å². The third-order valence-electron chi connectivity index (χ3n) is 3.52. The van der Waals surface area contributed by atoms with Gasteiger partial charge in [-0.05, 0) is 28.9 Å². The molecule has 90 valence electrons. The molecule has 1 fully saturated rings. The molecule has 3 rings (SSSR count). The largest absolute Gasteiger partial charge is 0.379 e. The minimum Gasteiger partial charge on any atom is -0.379 e. The zero-order valence-corrected chi connectivity index (χ0v) is 10.8. The molecule has 1 aromatic carbocycles. The molecule has 1 aromatic heterocycles. The third kappa shape index (κ3) is 1.79. The van der Waals surface area contributed by atoms with Crippen LogP contribution in [0.25, 0.3) is 10.1 Å². The van der Waals surface area contributed by atoms with Crippen molar-refractivity contribution in [3.63, 3.8) is 0 Å². The standard InChI is InChI=1S/C14H17NOS/c1-2-15-8-14(9-16-10-14)12-7-17-13-6-4-3-5-11(12)13/h3-7,15H,2,8-10H2,1H3. The lowest BCUT2D eigenvalue weighted by Gasteiger charge is -2.41. The van der Waals surface area contributed by atoms with E-state index in [2.05, 4.69) is 41.9 Å². The van der Waals surface area contributed by atoms with Gasteiger partial charge in [-0.3, -0.25) is 0 Å². The number of nitrogens with one attached hydrogen (secondary N) is 1. The molecule has 2 heterocycles. The molecule has 3 heteroatoms. The number of likely N-dealkylation sites (N-methyl/N-ethyl adjacent to an activating group) is 1. The first kappa shape index (κ1) is 11.2. The van der Waals surface area contributed by atoms with Crippen LogP contribution in [0.4, 0.5) is 0 Å². The van der Waals surface area contributed by atoms with Gasteiger partial charge in [0.25, 0.3) is 0 Å². The van der Waals surface area contributed by atoms with Gasteiger partial charge in [-0.1, -0.05) is 25.1 Å². The summed E-state index contributed by atoms with van der Waals surface area (Å²) >= 11 is 1.84. The van der Waals surface area contributed by atoms with Gasteiger partial charge in [0.15, 0.2) is 0 Å². The molecule has 0 unspecified atom stereocenters. The Bertz CT molecular complexity index is 516. The van der Waals surface area contributed by atoms with Crippen molar-refractivity contribution >= 4 is 21.4 Å². The maximum absolute atomic E-state index is 5.47. The second-order valence-corrected chi connectivity index (χ2v) is 5.61. The van der Waals surface area contributed by atoms with Crippen molar-refractivity contribution in [3.05, 3.63) is 35.2 Å². The first-order valence-corrected chi connectivity index (χ1v) is 6.99. The first-order chi connectivity index (χ1) is 8.36. The molecule has 0 atom stereocenters. The molecule has 1 saturated heterocycles. The van der Waals surface area contributed by atoms with E-state index in [4.69, 9.17) is 4.74 Å². The van der Waals surface area contributed by atoms with Crippen LogP contribution in [0, 0.1) is 0 Å². The topological polar surface area (TPSA) is 21.3 Å². The number of ether oxygens (including phenoxy) is 1. The SMILES string of the molecule is CCNCC1(c2csc3ccccc23)COC1. The lowest BCUT2D eigenvalue weighted by atomic mass is 9.78.